The zero-order valence-electron chi connectivity index (χ0n) is 10.2. The molecule has 94 valence electrons. The minimum absolute atomic E-state index is 0.203. The van der Waals surface area contributed by atoms with E-state index in [1.54, 1.807) is 6.33 Å². The van der Waals surface area contributed by atoms with Gasteiger partial charge in [0, 0.05) is 13.0 Å². The fourth-order valence-corrected chi connectivity index (χ4v) is 2.72. The summed E-state index contributed by atoms with van der Waals surface area (Å²) in [5.41, 5.74) is 0. The molecule has 0 spiro atoms. The predicted octanol–water partition coefficient (Wildman–Crippen LogP) is 1.73. The average Bonchev–Trinajstić information content (AvgIpc) is 2.77. The first-order valence-electron chi connectivity index (χ1n) is 6.31. The molecule has 0 bridgehead atoms. The zero-order valence-corrected chi connectivity index (χ0v) is 10.2. The molecular formula is C12H19N3O2. The molecule has 0 aromatic carbocycles. The minimum atomic E-state index is -0.655. The molecule has 1 aliphatic carbocycles. The summed E-state index contributed by atoms with van der Waals surface area (Å²) in [5, 5.41) is 13.3. The summed E-state index contributed by atoms with van der Waals surface area (Å²) in [6.45, 7) is 2.81. The summed E-state index contributed by atoms with van der Waals surface area (Å²) in [7, 11) is 0. The van der Waals surface area contributed by atoms with E-state index < -0.39 is 5.97 Å². The molecule has 1 saturated carbocycles. The molecule has 5 heteroatoms. The molecule has 0 saturated heterocycles. The number of aryl methyl sites for hydroxylation is 1. The van der Waals surface area contributed by atoms with E-state index in [-0.39, 0.29) is 11.8 Å². The lowest BCUT2D eigenvalue weighted by Crippen LogP contribution is -2.29. The molecule has 1 aromatic heterocycles. The molecule has 2 unspecified atom stereocenters. The number of hydrogen-bond donors (Lipinski definition) is 1. The topological polar surface area (TPSA) is 68.0 Å². The van der Waals surface area contributed by atoms with Crippen molar-refractivity contribution in [2.45, 2.75) is 45.6 Å². The third-order valence-corrected chi connectivity index (χ3v) is 3.67. The van der Waals surface area contributed by atoms with Crippen molar-refractivity contribution in [3.05, 3.63) is 12.2 Å². The highest BCUT2D eigenvalue weighted by Gasteiger charge is 2.31. The number of carboxylic acid groups (broad SMARTS) is 1. The van der Waals surface area contributed by atoms with Gasteiger partial charge >= 0.3 is 5.97 Å². The van der Waals surface area contributed by atoms with Crippen LogP contribution >= 0.6 is 0 Å². The van der Waals surface area contributed by atoms with Gasteiger partial charge in [0.1, 0.15) is 12.2 Å². The van der Waals surface area contributed by atoms with Gasteiger partial charge in [-0.2, -0.15) is 5.10 Å². The maximum Gasteiger partial charge on any atom is 0.306 e. The highest BCUT2D eigenvalue weighted by Crippen LogP contribution is 2.32. The number of hydrogen-bond acceptors (Lipinski definition) is 3. The van der Waals surface area contributed by atoms with E-state index in [0.29, 0.717) is 0 Å². The molecule has 2 rings (SSSR count). The van der Waals surface area contributed by atoms with E-state index in [0.717, 1.165) is 44.5 Å². The van der Waals surface area contributed by atoms with Crippen LogP contribution in [0.2, 0.25) is 0 Å². The summed E-state index contributed by atoms with van der Waals surface area (Å²) in [6, 6.07) is 0. The average molecular weight is 237 g/mol. The summed E-state index contributed by atoms with van der Waals surface area (Å²) >= 11 is 0. The van der Waals surface area contributed by atoms with Crippen molar-refractivity contribution in [3.8, 4) is 0 Å². The van der Waals surface area contributed by atoms with Gasteiger partial charge in [-0.15, -0.1) is 0 Å². The summed E-state index contributed by atoms with van der Waals surface area (Å²) in [5.74, 6) is 0.282. The molecule has 1 aliphatic rings. The fraction of sp³-hybridized carbons (Fsp3) is 0.750. The van der Waals surface area contributed by atoms with Crippen molar-refractivity contribution in [1.82, 2.24) is 14.8 Å². The van der Waals surface area contributed by atoms with Gasteiger partial charge in [0.2, 0.25) is 0 Å². The zero-order chi connectivity index (χ0) is 12.3. The molecule has 1 N–H and O–H groups in total. The largest absolute Gasteiger partial charge is 0.481 e. The van der Waals surface area contributed by atoms with E-state index in [2.05, 4.69) is 10.1 Å². The van der Waals surface area contributed by atoms with E-state index in [1.807, 2.05) is 11.6 Å². The number of nitrogens with zero attached hydrogens (tertiary/aromatic N) is 3. The van der Waals surface area contributed by atoms with Gasteiger partial charge in [-0.1, -0.05) is 12.8 Å². The Morgan fingerprint density at radius 2 is 2.29 bits per heavy atom. The molecule has 1 fully saturated rings. The third-order valence-electron chi connectivity index (χ3n) is 3.67. The molecule has 5 nitrogen and oxygen atoms in total. The van der Waals surface area contributed by atoms with Crippen LogP contribution < -0.4 is 0 Å². The van der Waals surface area contributed by atoms with E-state index >= 15 is 0 Å². The Labute approximate surface area is 101 Å². The summed E-state index contributed by atoms with van der Waals surface area (Å²) < 4.78 is 1.85. The lowest BCUT2D eigenvalue weighted by molar-refractivity contribution is -0.144. The van der Waals surface area contributed by atoms with Gasteiger partial charge in [0.15, 0.2) is 0 Å². The van der Waals surface area contributed by atoms with Gasteiger partial charge in [0.05, 0.1) is 5.92 Å². The number of aromatic nitrogens is 3. The fourth-order valence-electron chi connectivity index (χ4n) is 2.72. The maximum atomic E-state index is 11.2. The standard InChI is InChI=1S/C12H19N3O2/c1-2-15-11(13-8-14-15)7-9-5-3-4-6-10(9)12(16)17/h8-10H,2-7H2,1H3,(H,16,17). The van der Waals surface area contributed by atoms with E-state index in [1.165, 1.54) is 0 Å². The van der Waals surface area contributed by atoms with Gasteiger partial charge in [-0.05, 0) is 25.7 Å². The third kappa shape index (κ3) is 2.65. The Balaban J connectivity index is 2.08. The quantitative estimate of drug-likeness (QED) is 0.866. The van der Waals surface area contributed by atoms with Crippen molar-refractivity contribution in [3.63, 3.8) is 0 Å². The normalized spacial score (nSPS) is 24.8. The molecule has 2 atom stereocenters. The molecule has 0 radical (unpaired) electrons. The van der Waals surface area contributed by atoms with Crippen molar-refractivity contribution >= 4 is 5.97 Å². The van der Waals surface area contributed by atoms with Crippen LogP contribution in [0.3, 0.4) is 0 Å². The molecular weight excluding hydrogens is 218 g/mol. The highest BCUT2D eigenvalue weighted by atomic mass is 16.4. The van der Waals surface area contributed by atoms with Gasteiger partial charge in [-0.25, -0.2) is 4.98 Å². The second-order valence-corrected chi connectivity index (χ2v) is 4.69. The van der Waals surface area contributed by atoms with E-state index in [9.17, 15) is 9.90 Å². The Kier molecular flexibility index (Phi) is 3.76. The van der Waals surface area contributed by atoms with E-state index in [4.69, 9.17) is 0 Å². The molecule has 1 heterocycles. The van der Waals surface area contributed by atoms with Crippen LogP contribution in [0.1, 0.15) is 38.4 Å². The smallest absolute Gasteiger partial charge is 0.306 e. The van der Waals surface area contributed by atoms with Crippen molar-refractivity contribution in [2.75, 3.05) is 0 Å². The maximum absolute atomic E-state index is 11.2. The Morgan fingerprint density at radius 3 is 3.00 bits per heavy atom. The summed E-state index contributed by atoms with van der Waals surface area (Å²) in [6.07, 6.45) is 6.26. The van der Waals surface area contributed by atoms with Gasteiger partial charge in [0.25, 0.3) is 0 Å². The molecule has 0 aliphatic heterocycles. The first kappa shape index (κ1) is 12.1. The second-order valence-electron chi connectivity index (χ2n) is 4.69. The monoisotopic (exact) mass is 237 g/mol. The Bertz CT molecular complexity index is 389. The first-order chi connectivity index (χ1) is 8.22. The number of aliphatic carboxylic acids is 1. The second kappa shape index (κ2) is 5.29. The lowest BCUT2D eigenvalue weighted by Gasteiger charge is -2.28. The van der Waals surface area contributed by atoms with Gasteiger partial charge < -0.3 is 5.11 Å². The molecule has 1 aromatic rings. The SMILES string of the molecule is CCn1ncnc1CC1CCCCC1C(=O)O. The van der Waals surface area contributed by atoms with Crippen LogP contribution in [-0.2, 0) is 17.8 Å². The Morgan fingerprint density at radius 1 is 1.53 bits per heavy atom. The van der Waals surface area contributed by atoms with Crippen LogP contribution in [0, 0.1) is 11.8 Å². The molecule has 0 amide bonds. The van der Waals surface area contributed by atoms with Crippen LogP contribution in [0.15, 0.2) is 6.33 Å². The van der Waals surface area contributed by atoms with Crippen molar-refractivity contribution in [1.29, 1.82) is 0 Å². The van der Waals surface area contributed by atoms with Crippen LogP contribution in [-0.4, -0.2) is 25.8 Å². The first-order valence-corrected chi connectivity index (χ1v) is 6.31. The van der Waals surface area contributed by atoms with Crippen LogP contribution in [0.4, 0.5) is 0 Å². The van der Waals surface area contributed by atoms with Crippen LogP contribution in [0.5, 0.6) is 0 Å². The number of rotatable bonds is 4. The van der Waals surface area contributed by atoms with Gasteiger partial charge in [-0.3, -0.25) is 9.48 Å². The van der Waals surface area contributed by atoms with Crippen molar-refractivity contribution in [2.24, 2.45) is 11.8 Å². The lowest BCUT2D eigenvalue weighted by atomic mass is 9.77. The predicted molar refractivity (Wildman–Crippen MR) is 62.5 cm³/mol. The van der Waals surface area contributed by atoms with Crippen molar-refractivity contribution < 1.29 is 9.90 Å². The number of carbonyl (C=O) groups is 1. The minimum Gasteiger partial charge on any atom is -0.481 e. The van der Waals surface area contributed by atoms with Crippen LogP contribution in [0.25, 0.3) is 0 Å². The highest BCUT2D eigenvalue weighted by molar-refractivity contribution is 5.70. The molecule has 17 heavy (non-hydrogen) atoms. The summed E-state index contributed by atoms with van der Waals surface area (Å²) in [4.78, 5) is 15.4. The Hall–Kier alpha value is -1.39. The number of carboxylic acids is 1.